The van der Waals surface area contributed by atoms with E-state index in [1.165, 1.54) is 5.56 Å². The SMILES string of the molecule is CC1CCCc2ccccc2C1C(=O)O. The molecule has 1 N–H and O–H groups in total. The maximum atomic E-state index is 11.3. The van der Waals surface area contributed by atoms with Crippen molar-refractivity contribution >= 4 is 5.97 Å². The molecule has 0 fully saturated rings. The van der Waals surface area contributed by atoms with Crippen molar-refractivity contribution in [2.24, 2.45) is 5.92 Å². The van der Waals surface area contributed by atoms with Crippen LogP contribution in [0.15, 0.2) is 24.3 Å². The number of benzene rings is 1. The van der Waals surface area contributed by atoms with Gasteiger partial charge in [-0.05, 0) is 36.3 Å². The summed E-state index contributed by atoms with van der Waals surface area (Å²) in [5.41, 5.74) is 2.24. The molecule has 1 aromatic rings. The van der Waals surface area contributed by atoms with E-state index < -0.39 is 5.97 Å². The second-order valence-electron chi connectivity index (χ2n) is 4.38. The zero-order chi connectivity index (χ0) is 10.8. The predicted octanol–water partition coefficient (Wildman–Crippen LogP) is 2.83. The Hall–Kier alpha value is -1.31. The van der Waals surface area contributed by atoms with Gasteiger partial charge in [-0.3, -0.25) is 4.79 Å². The highest BCUT2D eigenvalue weighted by Crippen LogP contribution is 2.34. The van der Waals surface area contributed by atoms with Crippen molar-refractivity contribution in [1.29, 1.82) is 0 Å². The Morgan fingerprint density at radius 1 is 1.40 bits per heavy atom. The molecule has 0 amide bonds. The Bertz CT molecular complexity index is 371. The van der Waals surface area contributed by atoms with Crippen LogP contribution in [0.2, 0.25) is 0 Å². The fourth-order valence-corrected chi connectivity index (χ4v) is 2.53. The molecular weight excluding hydrogens is 188 g/mol. The van der Waals surface area contributed by atoms with Gasteiger partial charge in [0.2, 0.25) is 0 Å². The molecule has 0 aliphatic heterocycles. The molecule has 1 aromatic carbocycles. The van der Waals surface area contributed by atoms with E-state index in [0.29, 0.717) is 0 Å². The molecule has 2 atom stereocenters. The highest BCUT2D eigenvalue weighted by atomic mass is 16.4. The smallest absolute Gasteiger partial charge is 0.311 e. The lowest BCUT2D eigenvalue weighted by atomic mass is 9.85. The van der Waals surface area contributed by atoms with Crippen LogP contribution in [0.3, 0.4) is 0 Å². The van der Waals surface area contributed by atoms with Gasteiger partial charge >= 0.3 is 5.97 Å². The lowest BCUT2D eigenvalue weighted by Crippen LogP contribution is -2.19. The van der Waals surface area contributed by atoms with E-state index >= 15 is 0 Å². The predicted molar refractivity (Wildman–Crippen MR) is 58.9 cm³/mol. The van der Waals surface area contributed by atoms with Crippen molar-refractivity contribution in [2.45, 2.75) is 32.1 Å². The molecule has 0 aromatic heterocycles. The Labute approximate surface area is 89.9 Å². The Balaban J connectivity index is 2.47. The van der Waals surface area contributed by atoms with Crippen LogP contribution in [-0.2, 0) is 11.2 Å². The molecule has 0 bridgehead atoms. The largest absolute Gasteiger partial charge is 0.481 e. The number of rotatable bonds is 1. The third-order valence-electron chi connectivity index (χ3n) is 3.33. The summed E-state index contributed by atoms with van der Waals surface area (Å²) in [7, 11) is 0. The molecule has 2 rings (SSSR count). The van der Waals surface area contributed by atoms with Gasteiger partial charge < -0.3 is 5.11 Å². The van der Waals surface area contributed by atoms with Crippen LogP contribution in [-0.4, -0.2) is 11.1 Å². The van der Waals surface area contributed by atoms with Gasteiger partial charge in [0.25, 0.3) is 0 Å². The van der Waals surface area contributed by atoms with E-state index in [-0.39, 0.29) is 11.8 Å². The standard InChI is InChI=1S/C13H16O2/c1-9-5-4-7-10-6-2-3-8-11(10)12(9)13(14)15/h2-3,6,8-9,12H,4-5,7H2,1H3,(H,14,15). The maximum Gasteiger partial charge on any atom is 0.311 e. The quantitative estimate of drug-likeness (QED) is 0.714. The molecule has 2 heteroatoms. The third-order valence-corrected chi connectivity index (χ3v) is 3.33. The maximum absolute atomic E-state index is 11.3. The zero-order valence-corrected chi connectivity index (χ0v) is 8.94. The van der Waals surface area contributed by atoms with Crippen molar-refractivity contribution in [2.75, 3.05) is 0 Å². The van der Waals surface area contributed by atoms with Gasteiger partial charge in [-0.15, -0.1) is 0 Å². The molecule has 0 radical (unpaired) electrons. The van der Waals surface area contributed by atoms with Gasteiger partial charge in [-0.2, -0.15) is 0 Å². The molecule has 0 saturated heterocycles. The molecule has 1 aliphatic rings. The first-order chi connectivity index (χ1) is 7.20. The van der Waals surface area contributed by atoms with E-state index in [1.54, 1.807) is 0 Å². The average molecular weight is 204 g/mol. The number of fused-ring (bicyclic) bond motifs is 1. The third kappa shape index (κ3) is 1.89. The second kappa shape index (κ2) is 4.05. The fraction of sp³-hybridized carbons (Fsp3) is 0.462. The number of hydrogen-bond acceptors (Lipinski definition) is 1. The minimum atomic E-state index is -0.683. The number of carboxylic acids is 1. The van der Waals surface area contributed by atoms with Crippen LogP contribution >= 0.6 is 0 Å². The van der Waals surface area contributed by atoms with Crippen molar-refractivity contribution in [1.82, 2.24) is 0 Å². The molecule has 15 heavy (non-hydrogen) atoms. The number of carboxylic acid groups (broad SMARTS) is 1. The first kappa shape index (κ1) is 10.2. The number of aryl methyl sites for hydroxylation is 1. The molecule has 0 saturated carbocycles. The van der Waals surface area contributed by atoms with Gasteiger partial charge in [0.15, 0.2) is 0 Å². The summed E-state index contributed by atoms with van der Waals surface area (Å²) in [5, 5.41) is 9.28. The van der Waals surface area contributed by atoms with Crippen LogP contribution in [0.25, 0.3) is 0 Å². The Kier molecular flexibility index (Phi) is 2.76. The highest BCUT2D eigenvalue weighted by molar-refractivity contribution is 5.77. The van der Waals surface area contributed by atoms with Gasteiger partial charge in [0, 0.05) is 0 Å². The summed E-state index contributed by atoms with van der Waals surface area (Å²) in [4.78, 5) is 11.3. The van der Waals surface area contributed by atoms with Gasteiger partial charge in [-0.25, -0.2) is 0 Å². The molecule has 2 nitrogen and oxygen atoms in total. The average Bonchev–Trinajstić information content (AvgIpc) is 2.35. The molecule has 1 aliphatic carbocycles. The Morgan fingerprint density at radius 3 is 2.87 bits per heavy atom. The lowest BCUT2D eigenvalue weighted by Gasteiger charge is -2.18. The van der Waals surface area contributed by atoms with E-state index in [2.05, 4.69) is 6.07 Å². The normalized spacial score (nSPS) is 25.4. The number of hydrogen-bond donors (Lipinski definition) is 1. The van der Waals surface area contributed by atoms with Crippen LogP contribution in [0.1, 0.15) is 36.8 Å². The Morgan fingerprint density at radius 2 is 2.13 bits per heavy atom. The van der Waals surface area contributed by atoms with Crippen molar-refractivity contribution < 1.29 is 9.90 Å². The zero-order valence-electron chi connectivity index (χ0n) is 8.94. The van der Waals surface area contributed by atoms with Crippen LogP contribution in [0.4, 0.5) is 0 Å². The number of aliphatic carboxylic acids is 1. The lowest BCUT2D eigenvalue weighted by molar-refractivity contribution is -0.140. The minimum absolute atomic E-state index is 0.242. The van der Waals surface area contributed by atoms with E-state index in [0.717, 1.165) is 24.8 Å². The summed E-state index contributed by atoms with van der Waals surface area (Å²) in [6, 6.07) is 7.96. The first-order valence-corrected chi connectivity index (χ1v) is 5.50. The summed E-state index contributed by atoms with van der Waals surface area (Å²) < 4.78 is 0. The summed E-state index contributed by atoms with van der Waals surface area (Å²) in [6.07, 6.45) is 3.12. The molecular formula is C13H16O2. The van der Waals surface area contributed by atoms with Crippen LogP contribution < -0.4 is 0 Å². The summed E-state index contributed by atoms with van der Waals surface area (Å²) in [6.45, 7) is 2.04. The van der Waals surface area contributed by atoms with E-state index in [9.17, 15) is 9.90 Å². The van der Waals surface area contributed by atoms with Crippen LogP contribution in [0.5, 0.6) is 0 Å². The minimum Gasteiger partial charge on any atom is -0.481 e. The topological polar surface area (TPSA) is 37.3 Å². The van der Waals surface area contributed by atoms with Crippen molar-refractivity contribution in [3.8, 4) is 0 Å². The molecule has 0 spiro atoms. The first-order valence-electron chi connectivity index (χ1n) is 5.50. The molecule has 80 valence electrons. The van der Waals surface area contributed by atoms with Gasteiger partial charge in [-0.1, -0.05) is 31.2 Å². The number of carbonyl (C=O) groups is 1. The summed E-state index contributed by atoms with van der Waals surface area (Å²) in [5.74, 6) is -0.758. The fourth-order valence-electron chi connectivity index (χ4n) is 2.53. The van der Waals surface area contributed by atoms with E-state index in [1.807, 2.05) is 25.1 Å². The van der Waals surface area contributed by atoms with Crippen LogP contribution in [0, 0.1) is 5.92 Å². The van der Waals surface area contributed by atoms with Gasteiger partial charge in [0.1, 0.15) is 0 Å². The summed E-state index contributed by atoms with van der Waals surface area (Å²) >= 11 is 0. The monoisotopic (exact) mass is 204 g/mol. The van der Waals surface area contributed by atoms with E-state index in [4.69, 9.17) is 0 Å². The molecule has 0 heterocycles. The highest BCUT2D eigenvalue weighted by Gasteiger charge is 2.29. The van der Waals surface area contributed by atoms with Crippen molar-refractivity contribution in [3.05, 3.63) is 35.4 Å². The van der Waals surface area contributed by atoms with Gasteiger partial charge in [0.05, 0.1) is 5.92 Å². The van der Waals surface area contributed by atoms with Crippen molar-refractivity contribution in [3.63, 3.8) is 0 Å². The molecule has 2 unspecified atom stereocenters. The second-order valence-corrected chi connectivity index (χ2v) is 4.38.